The molecule has 0 aliphatic carbocycles. The van der Waals surface area contributed by atoms with Gasteiger partial charge in [-0.3, -0.25) is 4.79 Å². The smallest absolute Gasteiger partial charge is 0.249 e. The number of rotatable bonds is 4. The number of aromatic amines is 1. The average molecular weight is 305 g/mol. The first-order chi connectivity index (χ1) is 6.61. The van der Waals surface area contributed by atoms with Gasteiger partial charge in [-0.15, -0.1) is 0 Å². The van der Waals surface area contributed by atoms with Crippen molar-refractivity contribution in [3.63, 3.8) is 0 Å². The lowest BCUT2D eigenvalue weighted by Crippen LogP contribution is -2.11. The second-order valence-electron chi connectivity index (χ2n) is 3.79. The van der Waals surface area contributed by atoms with Crippen LogP contribution in [0.5, 0.6) is 0 Å². The highest BCUT2D eigenvalue weighted by Gasteiger charge is 2.04. The minimum atomic E-state index is 0.00981. The van der Waals surface area contributed by atoms with Gasteiger partial charge in [-0.1, -0.05) is 26.7 Å². The highest BCUT2D eigenvalue weighted by molar-refractivity contribution is 14.1. The van der Waals surface area contributed by atoms with Crippen LogP contribution in [0.2, 0.25) is 0 Å². The van der Waals surface area contributed by atoms with E-state index >= 15 is 0 Å². The van der Waals surface area contributed by atoms with Crippen LogP contribution in [-0.4, -0.2) is 4.98 Å². The predicted molar refractivity (Wildman–Crippen MR) is 67.6 cm³/mol. The van der Waals surface area contributed by atoms with Crippen LogP contribution in [0.3, 0.4) is 0 Å². The summed E-state index contributed by atoms with van der Waals surface area (Å²) in [7, 11) is 0. The number of hydrogen-bond donors (Lipinski definition) is 1. The molecule has 0 spiro atoms. The van der Waals surface area contributed by atoms with E-state index in [0.717, 1.165) is 15.7 Å². The monoisotopic (exact) mass is 305 g/mol. The maximum absolute atomic E-state index is 11.2. The molecule has 0 aromatic carbocycles. The molecule has 1 heterocycles. The maximum atomic E-state index is 11.2. The summed E-state index contributed by atoms with van der Waals surface area (Å²) in [5.41, 5.74) is 1.07. The molecule has 0 aliphatic rings. The molecule has 0 saturated heterocycles. The Hall–Kier alpha value is -0.320. The van der Waals surface area contributed by atoms with E-state index in [9.17, 15) is 4.79 Å². The first-order valence-electron chi connectivity index (χ1n) is 5.00. The molecule has 0 saturated carbocycles. The van der Waals surface area contributed by atoms with Crippen molar-refractivity contribution in [2.45, 2.75) is 33.1 Å². The second-order valence-corrected chi connectivity index (χ2v) is 5.03. The zero-order valence-corrected chi connectivity index (χ0v) is 10.8. The van der Waals surface area contributed by atoms with Gasteiger partial charge in [-0.25, -0.2) is 0 Å². The molecule has 2 nitrogen and oxygen atoms in total. The van der Waals surface area contributed by atoms with Gasteiger partial charge in [0.1, 0.15) is 0 Å². The minimum absolute atomic E-state index is 0.00981. The summed E-state index contributed by atoms with van der Waals surface area (Å²) in [5.74, 6) is 0.647. The fourth-order valence-corrected chi connectivity index (χ4v) is 2.30. The summed E-state index contributed by atoms with van der Waals surface area (Å²) in [6.07, 6.45) is 3.39. The quantitative estimate of drug-likeness (QED) is 0.852. The molecule has 0 aliphatic heterocycles. The van der Waals surface area contributed by atoms with Crippen LogP contribution in [0.15, 0.2) is 16.9 Å². The van der Waals surface area contributed by atoms with E-state index in [-0.39, 0.29) is 5.56 Å². The molecular formula is C11H16INO. The van der Waals surface area contributed by atoms with Gasteiger partial charge in [-0.05, 0) is 41.0 Å². The van der Waals surface area contributed by atoms with E-state index in [1.54, 1.807) is 6.07 Å². The SMILES string of the molecule is CCCC(C)Cc1cc(I)cc(=O)[nH]1. The predicted octanol–water partition coefficient (Wildman–Crippen LogP) is 2.96. The van der Waals surface area contributed by atoms with Crippen molar-refractivity contribution in [2.75, 3.05) is 0 Å². The number of hydrogen-bond acceptors (Lipinski definition) is 1. The van der Waals surface area contributed by atoms with E-state index in [1.807, 2.05) is 6.07 Å². The first-order valence-corrected chi connectivity index (χ1v) is 6.08. The Balaban J connectivity index is 2.71. The fraction of sp³-hybridized carbons (Fsp3) is 0.545. The number of nitrogens with one attached hydrogen (secondary N) is 1. The molecule has 3 heteroatoms. The van der Waals surface area contributed by atoms with Crippen LogP contribution >= 0.6 is 22.6 Å². The molecule has 1 unspecified atom stereocenters. The lowest BCUT2D eigenvalue weighted by atomic mass is 10.0. The minimum Gasteiger partial charge on any atom is -0.326 e. The summed E-state index contributed by atoms with van der Waals surface area (Å²) >= 11 is 2.18. The van der Waals surface area contributed by atoms with Gasteiger partial charge in [0.05, 0.1) is 0 Å². The Morgan fingerprint density at radius 1 is 1.50 bits per heavy atom. The number of H-pyrrole nitrogens is 1. The Morgan fingerprint density at radius 3 is 2.79 bits per heavy atom. The van der Waals surface area contributed by atoms with Crippen LogP contribution in [0.1, 0.15) is 32.4 Å². The van der Waals surface area contributed by atoms with E-state index in [0.29, 0.717) is 5.92 Å². The molecule has 1 atom stereocenters. The number of pyridine rings is 1. The Morgan fingerprint density at radius 2 is 2.21 bits per heavy atom. The van der Waals surface area contributed by atoms with Crippen molar-refractivity contribution in [3.05, 3.63) is 31.8 Å². The van der Waals surface area contributed by atoms with E-state index < -0.39 is 0 Å². The van der Waals surface area contributed by atoms with Gasteiger partial charge >= 0.3 is 0 Å². The second kappa shape index (κ2) is 5.53. The fourth-order valence-electron chi connectivity index (χ4n) is 1.64. The Labute approximate surface area is 98.3 Å². The van der Waals surface area contributed by atoms with Crippen molar-refractivity contribution >= 4 is 22.6 Å². The maximum Gasteiger partial charge on any atom is 0.249 e. The molecule has 1 aromatic rings. The van der Waals surface area contributed by atoms with Crippen LogP contribution in [0, 0.1) is 9.49 Å². The topological polar surface area (TPSA) is 32.9 Å². The van der Waals surface area contributed by atoms with Crippen molar-refractivity contribution in [3.8, 4) is 0 Å². The number of aromatic nitrogens is 1. The summed E-state index contributed by atoms with van der Waals surface area (Å²) < 4.78 is 1.02. The van der Waals surface area contributed by atoms with E-state index in [4.69, 9.17) is 0 Å². The normalized spacial score (nSPS) is 12.8. The summed E-state index contributed by atoms with van der Waals surface area (Å²) in [5, 5.41) is 0. The molecule has 1 aromatic heterocycles. The van der Waals surface area contributed by atoms with Crippen molar-refractivity contribution in [2.24, 2.45) is 5.92 Å². The highest BCUT2D eigenvalue weighted by atomic mass is 127. The molecule has 14 heavy (non-hydrogen) atoms. The van der Waals surface area contributed by atoms with Gasteiger partial charge in [0.15, 0.2) is 0 Å². The van der Waals surface area contributed by atoms with Crippen LogP contribution in [-0.2, 0) is 6.42 Å². The highest BCUT2D eigenvalue weighted by Crippen LogP contribution is 2.12. The standard InChI is InChI=1S/C11H16INO/c1-3-4-8(2)5-10-6-9(12)7-11(14)13-10/h6-8H,3-5H2,1-2H3,(H,13,14). The molecule has 1 rings (SSSR count). The molecule has 0 fully saturated rings. The zero-order valence-electron chi connectivity index (χ0n) is 8.64. The zero-order chi connectivity index (χ0) is 10.6. The molecule has 78 valence electrons. The molecule has 0 radical (unpaired) electrons. The van der Waals surface area contributed by atoms with Gasteiger partial charge in [0.25, 0.3) is 0 Å². The third-order valence-electron chi connectivity index (χ3n) is 2.21. The van der Waals surface area contributed by atoms with Crippen LogP contribution < -0.4 is 5.56 Å². The Kier molecular flexibility index (Phi) is 4.65. The van der Waals surface area contributed by atoms with E-state index in [1.165, 1.54) is 12.8 Å². The lowest BCUT2D eigenvalue weighted by molar-refractivity contribution is 0.516. The van der Waals surface area contributed by atoms with Gasteiger partial charge in [0.2, 0.25) is 5.56 Å². The van der Waals surface area contributed by atoms with Gasteiger partial charge in [-0.2, -0.15) is 0 Å². The molecule has 0 amide bonds. The summed E-state index contributed by atoms with van der Waals surface area (Å²) in [6.45, 7) is 4.41. The van der Waals surface area contributed by atoms with Crippen molar-refractivity contribution in [1.29, 1.82) is 0 Å². The summed E-state index contributed by atoms with van der Waals surface area (Å²) in [6, 6.07) is 3.67. The molecule has 0 bridgehead atoms. The Bertz CT molecular complexity index is 345. The van der Waals surface area contributed by atoms with Crippen LogP contribution in [0.25, 0.3) is 0 Å². The lowest BCUT2D eigenvalue weighted by Gasteiger charge is -2.09. The van der Waals surface area contributed by atoms with Crippen molar-refractivity contribution < 1.29 is 0 Å². The van der Waals surface area contributed by atoms with Crippen LogP contribution in [0.4, 0.5) is 0 Å². The van der Waals surface area contributed by atoms with E-state index in [2.05, 4.69) is 41.4 Å². The summed E-state index contributed by atoms with van der Waals surface area (Å²) in [4.78, 5) is 14.1. The largest absolute Gasteiger partial charge is 0.326 e. The average Bonchev–Trinajstić information content (AvgIpc) is 2.01. The van der Waals surface area contributed by atoms with Crippen molar-refractivity contribution in [1.82, 2.24) is 4.98 Å². The molecule has 1 N–H and O–H groups in total. The third kappa shape index (κ3) is 3.82. The molecular weight excluding hydrogens is 289 g/mol. The number of halogens is 1. The third-order valence-corrected chi connectivity index (χ3v) is 2.84. The van der Waals surface area contributed by atoms with Gasteiger partial charge in [0, 0.05) is 15.3 Å². The first kappa shape index (κ1) is 11.8. The van der Waals surface area contributed by atoms with Gasteiger partial charge < -0.3 is 4.98 Å².